The van der Waals surface area contributed by atoms with Gasteiger partial charge in [0.15, 0.2) is 0 Å². The maximum absolute atomic E-state index is 10.8. The van der Waals surface area contributed by atoms with Gasteiger partial charge in [0.2, 0.25) is 0 Å². The summed E-state index contributed by atoms with van der Waals surface area (Å²) in [6.07, 6.45) is 3.75. The summed E-state index contributed by atoms with van der Waals surface area (Å²) in [6, 6.07) is 7.80. The highest BCUT2D eigenvalue weighted by atomic mass is 35.5. The minimum Gasteiger partial charge on any atom is -0.490 e. The summed E-state index contributed by atoms with van der Waals surface area (Å²) in [5.74, 6) is 0.715. The molecule has 3 rings (SSSR count). The third kappa shape index (κ3) is 3.89. The highest BCUT2D eigenvalue weighted by Crippen LogP contribution is 2.27. The van der Waals surface area contributed by atoms with Crippen LogP contribution in [0.2, 0.25) is 5.02 Å². The van der Waals surface area contributed by atoms with Crippen molar-refractivity contribution in [3.8, 4) is 5.75 Å². The first-order valence-corrected chi connectivity index (χ1v) is 7.95. The Bertz CT molecular complexity index is 463. The summed E-state index contributed by atoms with van der Waals surface area (Å²) in [5, 5.41) is 11.5. The lowest BCUT2D eigenvalue weighted by Crippen LogP contribution is -2.52. The molecule has 1 unspecified atom stereocenters. The van der Waals surface area contributed by atoms with Crippen molar-refractivity contribution in [1.29, 1.82) is 0 Å². The van der Waals surface area contributed by atoms with Crippen LogP contribution in [0.1, 0.15) is 19.3 Å². The number of aliphatic hydroxyl groups is 1. The van der Waals surface area contributed by atoms with E-state index >= 15 is 0 Å². The third-order valence-electron chi connectivity index (χ3n) is 4.30. The van der Waals surface area contributed by atoms with Crippen LogP contribution in [0.25, 0.3) is 0 Å². The average molecular weight is 312 g/mol. The van der Waals surface area contributed by atoms with Crippen LogP contribution in [0, 0.1) is 0 Å². The Morgan fingerprint density at radius 1 is 1.33 bits per heavy atom. The van der Waals surface area contributed by atoms with Gasteiger partial charge in [-0.25, -0.2) is 0 Å². The normalized spacial score (nSPS) is 27.9. The molecule has 0 aromatic heterocycles. The maximum atomic E-state index is 10.8. The Balaban J connectivity index is 1.59. The minimum atomic E-state index is -0.953. The molecule has 4 nitrogen and oxygen atoms in total. The van der Waals surface area contributed by atoms with Crippen molar-refractivity contribution in [2.24, 2.45) is 0 Å². The van der Waals surface area contributed by atoms with Gasteiger partial charge in [-0.15, -0.1) is 0 Å². The van der Waals surface area contributed by atoms with Gasteiger partial charge in [-0.2, -0.15) is 0 Å². The molecule has 1 saturated carbocycles. The fraction of sp³-hybridized carbons (Fsp3) is 0.625. The van der Waals surface area contributed by atoms with E-state index in [1.807, 2.05) is 12.1 Å². The Labute approximate surface area is 130 Å². The molecule has 1 aromatic rings. The van der Waals surface area contributed by atoms with E-state index < -0.39 is 5.60 Å². The van der Waals surface area contributed by atoms with Crippen LogP contribution in [0.4, 0.5) is 0 Å². The molecule has 0 amide bonds. The van der Waals surface area contributed by atoms with Crippen molar-refractivity contribution in [3.05, 3.63) is 29.3 Å². The van der Waals surface area contributed by atoms with Crippen LogP contribution in [-0.2, 0) is 4.74 Å². The molecule has 0 spiro atoms. The van der Waals surface area contributed by atoms with E-state index in [0.717, 1.165) is 6.54 Å². The van der Waals surface area contributed by atoms with E-state index in [1.165, 1.54) is 19.3 Å². The van der Waals surface area contributed by atoms with E-state index in [2.05, 4.69) is 4.90 Å². The first kappa shape index (κ1) is 15.1. The number of hydrogen-bond donors (Lipinski definition) is 1. The summed E-state index contributed by atoms with van der Waals surface area (Å²) in [6.45, 7) is 2.75. The summed E-state index contributed by atoms with van der Waals surface area (Å²) >= 11 is 5.85. The number of β-amino-alcohol motifs (C(OH)–C–C–N with tert-alkyl or cyclic N) is 1. The number of halogens is 1. The van der Waals surface area contributed by atoms with Crippen molar-refractivity contribution in [3.63, 3.8) is 0 Å². The van der Waals surface area contributed by atoms with Gasteiger partial charge in [-0.1, -0.05) is 18.0 Å². The lowest BCUT2D eigenvalue weighted by molar-refractivity contribution is -0.0698. The van der Waals surface area contributed by atoms with E-state index in [4.69, 9.17) is 21.1 Å². The molecule has 2 aliphatic rings. The molecule has 116 valence electrons. The molecule has 1 heterocycles. The van der Waals surface area contributed by atoms with Crippen molar-refractivity contribution in [2.45, 2.75) is 30.9 Å². The van der Waals surface area contributed by atoms with Crippen LogP contribution < -0.4 is 4.74 Å². The first-order chi connectivity index (χ1) is 10.1. The lowest BCUT2D eigenvalue weighted by Gasteiger charge is -2.39. The molecule has 21 heavy (non-hydrogen) atoms. The topological polar surface area (TPSA) is 41.9 Å². The van der Waals surface area contributed by atoms with Crippen molar-refractivity contribution in [1.82, 2.24) is 4.90 Å². The average Bonchev–Trinajstić information content (AvgIpc) is 2.59. The molecule has 5 heteroatoms. The zero-order valence-corrected chi connectivity index (χ0v) is 12.9. The number of nitrogens with zero attached hydrogens (tertiary/aromatic N) is 1. The van der Waals surface area contributed by atoms with Crippen LogP contribution in [-0.4, -0.2) is 54.6 Å². The Kier molecular flexibility index (Phi) is 4.69. The van der Waals surface area contributed by atoms with Crippen molar-refractivity contribution < 1.29 is 14.6 Å². The molecule has 1 aromatic carbocycles. The predicted molar refractivity (Wildman–Crippen MR) is 81.9 cm³/mol. The van der Waals surface area contributed by atoms with Gasteiger partial charge in [-0.05, 0) is 37.1 Å². The number of hydrogen-bond acceptors (Lipinski definition) is 4. The van der Waals surface area contributed by atoms with Gasteiger partial charge in [0, 0.05) is 24.2 Å². The van der Waals surface area contributed by atoms with Crippen LogP contribution in [0.15, 0.2) is 24.3 Å². The van der Waals surface area contributed by atoms with Crippen LogP contribution in [0.5, 0.6) is 5.75 Å². The fourth-order valence-corrected chi connectivity index (χ4v) is 2.97. The Morgan fingerprint density at radius 3 is 2.76 bits per heavy atom. The minimum absolute atomic E-state index is 0.234. The van der Waals surface area contributed by atoms with E-state index in [0.29, 0.717) is 36.6 Å². The summed E-state index contributed by atoms with van der Waals surface area (Å²) in [7, 11) is 0. The zero-order valence-electron chi connectivity index (χ0n) is 12.1. The predicted octanol–water partition coefficient (Wildman–Crippen LogP) is 2.33. The van der Waals surface area contributed by atoms with Crippen molar-refractivity contribution >= 4 is 11.6 Å². The lowest BCUT2D eigenvalue weighted by atomic mass is 9.90. The summed E-state index contributed by atoms with van der Waals surface area (Å²) < 4.78 is 11.3. The standard InChI is InChI=1S/C16H22ClNO3/c17-13-4-6-15(7-5-13)21-12-16(19)10-18(8-9-20-11-16)14-2-1-3-14/h4-7,14,19H,1-3,8-12H2. The quantitative estimate of drug-likeness (QED) is 0.927. The first-order valence-electron chi connectivity index (χ1n) is 7.57. The highest BCUT2D eigenvalue weighted by molar-refractivity contribution is 6.30. The maximum Gasteiger partial charge on any atom is 0.134 e. The fourth-order valence-electron chi connectivity index (χ4n) is 2.85. The van der Waals surface area contributed by atoms with E-state index in [9.17, 15) is 5.11 Å². The van der Waals surface area contributed by atoms with Gasteiger partial charge in [0.05, 0.1) is 13.2 Å². The third-order valence-corrected chi connectivity index (χ3v) is 4.56. The summed E-state index contributed by atoms with van der Waals surface area (Å²) in [4.78, 5) is 2.35. The monoisotopic (exact) mass is 311 g/mol. The molecular formula is C16H22ClNO3. The molecule has 1 atom stereocenters. The highest BCUT2D eigenvalue weighted by Gasteiger charge is 2.37. The zero-order chi connectivity index (χ0) is 14.7. The largest absolute Gasteiger partial charge is 0.490 e. The number of benzene rings is 1. The van der Waals surface area contributed by atoms with Crippen LogP contribution in [0.3, 0.4) is 0 Å². The number of rotatable bonds is 4. The molecule has 2 fully saturated rings. The SMILES string of the molecule is OC1(COc2ccc(Cl)cc2)COCCN(C2CCC2)C1. The van der Waals surface area contributed by atoms with E-state index in [-0.39, 0.29) is 6.61 Å². The molecule has 0 radical (unpaired) electrons. The second-order valence-corrected chi connectivity index (χ2v) is 6.51. The molecular weight excluding hydrogens is 290 g/mol. The molecule has 1 aliphatic carbocycles. The summed E-state index contributed by atoms with van der Waals surface area (Å²) in [5.41, 5.74) is -0.953. The molecule has 1 saturated heterocycles. The second-order valence-electron chi connectivity index (χ2n) is 6.07. The number of ether oxygens (including phenoxy) is 2. The van der Waals surface area contributed by atoms with Gasteiger partial charge in [0.1, 0.15) is 18.0 Å². The van der Waals surface area contributed by atoms with Gasteiger partial charge in [0.25, 0.3) is 0 Å². The van der Waals surface area contributed by atoms with Crippen molar-refractivity contribution in [2.75, 3.05) is 32.9 Å². The van der Waals surface area contributed by atoms with Gasteiger partial charge < -0.3 is 14.6 Å². The second kappa shape index (κ2) is 6.53. The Morgan fingerprint density at radius 2 is 2.10 bits per heavy atom. The van der Waals surface area contributed by atoms with Gasteiger partial charge in [-0.3, -0.25) is 4.90 Å². The molecule has 0 bridgehead atoms. The molecule has 1 aliphatic heterocycles. The smallest absolute Gasteiger partial charge is 0.134 e. The molecule has 1 N–H and O–H groups in total. The van der Waals surface area contributed by atoms with E-state index in [1.54, 1.807) is 12.1 Å². The van der Waals surface area contributed by atoms with Gasteiger partial charge >= 0.3 is 0 Å². The Hall–Kier alpha value is -0.810. The van der Waals surface area contributed by atoms with Crippen LogP contribution >= 0.6 is 11.6 Å².